The first-order valence-electron chi connectivity index (χ1n) is 8.40. The minimum absolute atomic E-state index is 0.0576. The lowest BCUT2D eigenvalue weighted by Gasteiger charge is -2.28. The SMILES string of the molecule is Cc1cnc(OCC(C)(C)C(=O)N[C@H]2CNCC23CC3)c(C)c1. The molecule has 0 aromatic carbocycles. The normalized spacial score (nSPS) is 22.2. The van der Waals surface area contributed by atoms with Crippen molar-refractivity contribution >= 4 is 5.91 Å². The van der Waals surface area contributed by atoms with Crippen LogP contribution >= 0.6 is 0 Å². The van der Waals surface area contributed by atoms with Crippen LogP contribution in [-0.2, 0) is 4.79 Å². The van der Waals surface area contributed by atoms with E-state index in [0.717, 1.165) is 24.2 Å². The molecule has 0 bridgehead atoms. The van der Waals surface area contributed by atoms with E-state index in [4.69, 9.17) is 4.74 Å². The van der Waals surface area contributed by atoms with Crippen molar-refractivity contribution in [2.45, 2.75) is 46.6 Å². The highest BCUT2D eigenvalue weighted by molar-refractivity contribution is 5.82. The molecule has 0 unspecified atom stereocenters. The van der Waals surface area contributed by atoms with Gasteiger partial charge in [0.1, 0.15) is 6.61 Å². The van der Waals surface area contributed by atoms with Gasteiger partial charge >= 0.3 is 0 Å². The molecular formula is C18H27N3O2. The van der Waals surface area contributed by atoms with Crippen molar-refractivity contribution in [2.24, 2.45) is 10.8 Å². The Bertz CT molecular complexity index is 608. The van der Waals surface area contributed by atoms with Crippen LogP contribution in [0.2, 0.25) is 0 Å². The number of carbonyl (C=O) groups excluding carboxylic acids is 1. The maximum absolute atomic E-state index is 12.7. The van der Waals surface area contributed by atoms with E-state index in [1.54, 1.807) is 6.20 Å². The number of pyridine rings is 1. The number of rotatable bonds is 5. The number of carbonyl (C=O) groups is 1. The molecule has 126 valence electrons. The summed E-state index contributed by atoms with van der Waals surface area (Å²) in [4.78, 5) is 17.0. The van der Waals surface area contributed by atoms with E-state index in [9.17, 15) is 4.79 Å². The van der Waals surface area contributed by atoms with E-state index >= 15 is 0 Å². The summed E-state index contributed by atoms with van der Waals surface area (Å²) < 4.78 is 5.82. The van der Waals surface area contributed by atoms with E-state index in [-0.39, 0.29) is 11.9 Å². The number of aromatic nitrogens is 1. The number of hydrogen-bond acceptors (Lipinski definition) is 4. The molecule has 1 saturated heterocycles. The van der Waals surface area contributed by atoms with Crippen molar-refractivity contribution in [3.05, 3.63) is 23.4 Å². The Balaban J connectivity index is 1.58. The molecule has 1 aromatic heterocycles. The summed E-state index contributed by atoms with van der Waals surface area (Å²) in [5.41, 5.74) is 1.84. The van der Waals surface area contributed by atoms with Gasteiger partial charge in [0, 0.05) is 36.3 Å². The average Bonchev–Trinajstić information content (AvgIpc) is 3.15. The van der Waals surface area contributed by atoms with E-state index in [2.05, 4.69) is 15.6 Å². The zero-order chi connectivity index (χ0) is 16.7. The van der Waals surface area contributed by atoms with Gasteiger partial charge in [-0.3, -0.25) is 4.79 Å². The van der Waals surface area contributed by atoms with Crippen molar-refractivity contribution in [2.75, 3.05) is 19.7 Å². The molecule has 1 atom stereocenters. The zero-order valence-electron chi connectivity index (χ0n) is 14.5. The maximum Gasteiger partial charge on any atom is 0.229 e. The van der Waals surface area contributed by atoms with Gasteiger partial charge in [0.25, 0.3) is 0 Å². The monoisotopic (exact) mass is 317 g/mol. The second-order valence-electron chi connectivity index (χ2n) is 7.83. The average molecular weight is 317 g/mol. The van der Waals surface area contributed by atoms with Gasteiger partial charge in [-0.25, -0.2) is 4.98 Å². The summed E-state index contributed by atoms with van der Waals surface area (Å²) in [6.07, 6.45) is 4.22. The molecule has 2 N–H and O–H groups in total. The van der Waals surface area contributed by atoms with Crippen molar-refractivity contribution in [1.29, 1.82) is 0 Å². The quantitative estimate of drug-likeness (QED) is 0.871. The van der Waals surface area contributed by atoms with Crippen LogP contribution < -0.4 is 15.4 Å². The van der Waals surface area contributed by atoms with Crippen LogP contribution in [0.25, 0.3) is 0 Å². The van der Waals surface area contributed by atoms with Crippen LogP contribution in [0.1, 0.15) is 37.8 Å². The van der Waals surface area contributed by atoms with Crippen LogP contribution in [0.5, 0.6) is 5.88 Å². The van der Waals surface area contributed by atoms with Crippen molar-refractivity contribution in [1.82, 2.24) is 15.6 Å². The fourth-order valence-corrected chi connectivity index (χ4v) is 3.22. The van der Waals surface area contributed by atoms with Gasteiger partial charge < -0.3 is 15.4 Å². The molecule has 2 heterocycles. The molecule has 0 radical (unpaired) electrons. The van der Waals surface area contributed by atoms with Gasteiger partial charge in [-0.15, -0.1) is 0 Å². The van der Waals surface area contributed by atoms with Gasteiger partial charge in [-0.1, -0.05) is 0 Å². The van der Waals surface area contributed by atoms with E-state index in [1.165, 1.54) is 12.8 Å². The van der Waals surface area contributed by atoms with Crippen molar-refractivity contribution < 1.29 is 9.53 Å². The molecule has 1 aliphatic carbocycles. The number of ether oxygens (including phenoxy) is 1. The molecule has 23 heavy (non-hydrogen) atoms. The Morgan fingerprint density at radius 2 is 2.22 bits per heavy atom. The second-order valence-corrected chi connectivity index (χ2v) is 7.83. The number of hydrogen-bond donors (Lipinski definition) is 2. The zero-order valence-corrected chi connectivity index (χ0v) is 14.5. The standard InChI is InChI=1S/C18H27N3O2/c1-12-7-13(2)15(20-8-12)23-11-17(3,4)16(22)21-14-9-19-10-18(14)5-6-18/h7-8,14,19H,5-6,9-11H2,1-4H3,(H,21,22)/t14-/m0/s1. The molecule has 1 amide bonds. The first-order valence-corrected chi connectivity index (χ1v) is 8.40. The molecule has 2 fully saturated rings. The lowest BCUT2D eigenvalue weighted by Crippen LogP contribution is -2.48. The Morgan fingerprint density at radius 1 is 1.48 bits per heavy atom. The predicted molar refractivity (Wildman–Crippen MR) is 89.5 cm³/mol. The second kappa shape index (κ2) is 5.78. The predicted octanol–water partition coefficient (Wildman–Crippen LogP) is 1.97. The van der Waals surface area contributed by atoms with Gasteiger partial charge in [0.05, 0.1) is 5.41 Å². The van der Waals surface area contributed by atoms with E-state index in [0.29, 0.717) is 17.9 Å². The summed E-state index contributed by atoms with van der Waals surface area (Å²) in [5.74, 6) is 0.667. The van der Waals surface area contributed by atoms with E-state index < -0.39 is 5.41 Å². The van der Waals surface area contributed by atoms with Crippen LogP contribution in [0, 0.1) is 24.7 Å². The summed E-state index contributed by atoms with van der Waals surface area (Å²) in [5, 5.41) is 6.63. The summed E-state index contributed by atoms with van der Waals surface area (Å²) in [6.45, 7) is 10.1. The fraction of sp³-hybridized carbons (Fsp3) is 0.667. The summed E-state index contributed by atoms with van der Waals surface area (Å²) >= 11 is 0. The number of nitrogens with one attached hydrogen (secondary N) is 2. The maximum atomic E-state index is 12.7. The Hall–Kier alpha value is -1.62. The third kappa shape index (κ3) is 3.34. The first kappa shape index (κ1) is 16.2. The van der Waals surface area contributed by atoms with Crippen LogP contribution in [0.15, 0.2) is 12.3 Å². The fourth-order valence-electron chi connectivity index (χ4n) is 3.22. The lowest BCUT2D eigenvalue weighted by atomic mass is 9.91. The van der Waals surface area contributed by atoms with Gasteiger partial charge in [0.2, 0.25) is 11.8 Å². The third-order valence-corrected chi connectivity index (χ3v) is 5.11. The highest BCUT2D eigenvalue weighted by Crippen LogP contribution is 2.50. The third-order valence-electron chi connectivity index (χ3n) is 5.11. The molecule has 1 aliphatic heterocycles. The van der Waals surface area contributed by atoms with E-state index in [1.807, 2.05) is 33.8 Å². The van der Waals surface area contributed by atoms with Crippen molar-refractivity contribution in [3.8, 4) is 5.88 Å². The summed E-state index contributed by atoms with van der Waals surface area (Å²) in [7, 11) is 0. The molecule has 1 spiro atoms. The Morgan fingerprint density at radius 3 is 2.87 bits per heavy atom. The molecular weight excluding hydrogens is 290 g/mol. The van der Waals surface area contributed by atoms with Crippen LogP contribution in [0.3, 0.4) is 0 Å². The minimum atomic E-state index is -0.586. The topological polar surface area (TPSA) is 63.2 Å². The molecule has 1 saturated carbocycles. The van der Waals surface area contributed by atoms with Crippen LogP contribution in [-0.4, -0.2) is 36.6 Å². The highest BCUT2D eigenvalue weighted by atomic mass is 16.5. The summed E-state index contributed by atoms with van der Waals surface area (Å²) in [6, 6.07) is 2.30. The first-order chi connectivity index (χ1) is 10.8. The number of amides is 1. The van der Waals surface area contributed by atoms with Crippen molar-refractivity contribution in [3.63, 3.8) is 0 Å². The smallest absolute Gasteiger partial charge is 0.229 e. The molecule has 2 aliphatic rings. The van der Waals surface area contributed by atoms with Gasteiger partial charge in [0.15, 0.2) is 0 Å². The lowest BCUT2D eigenvalue weighted by molar-refractivity contribution is -0.131. The molecule has 3 rings (SSSR count). The Kier molecular flexibility index (Phi) is 4.08. The number of aryl methyl sites for hydroxylation is 2. The largest absolute Gasteiger partial charge is 0.476 e. The molecule has 5 nitrogen and oxygen atoms in total. The molecule has 5 heteroatoms. The van der Waals surface area contributed by atoms with Gasteiger partial charge in [-0.2, -0.15) is 0 Å². The van der Waals surface area contributed by atoms with Gasteiger partial charge in [-0.05, 0) is 52.2 Å². The highest BCUT2D eigenvalue weighted by Gasteiger charge is 2.53. The Labute approximate surface area is 138 Å². The molecule has 1 aromatic rings. The van der Waals surface area contributed by atoms with Crippen LogP contribution in [0.4, 0.5) is 0 Å². The minimum Gasteiger partial charge on any atom is -0.476 e. The number of nitrogens with zero attached hydrogens (tertiary/aromatic N) is 1.